The molecule has 1 heterocycles. The van der Waals surface area contributed by atoms with E-state index in [1.165, 1.54) is 5.56 Å². The van der Waals surface area contributed by atoms with Crippen molar-refractivity contribution in [2.75, 3.05) is 13.1 Å². The Labute approximate surface area is 151 Å². The number of piperidine rings is 1. The van der Waals surface area contributed by atoms with Crippen molar-refractivity contribution in [3.63, 3.8) is 0 Å². The summed E-state index contributed by atoms with van der Waals surface area (Å²) < 4.78 is 0. The summed E-state index contributed by atoms with van der Waals surface area (Å²) in [4.78, 5) is 15.2. The Morgan fingerprint density at radius 2 is 1.64 bits per heavy atom. The van der Waals surface area contributed by atoms with Gasteiger partial charge in [-0.2, -0.15) is 0 Å². The van der Waals surface area contributed by atoms with Gasteiger partial charge in [0.1, 0.15) is 0 Å². The first-order chi connectivity index (χ1) is 12.3. The molecule has 1 saturated heterocycles. The highest BCUT2D eigenvalue weighted by atomic mass is 16.1. The standard InChI is InChI=1S/C22H28N2O/c1-2-21(19-11-7-4-8-12-19)22(25)23-20-13-15-24(16-14-20)17-18-9-5-3-6-10-18/h3-12,20-21H,2,13-17H2,1H3,(H,23,25)/t21-/m0/s1. The molecule has 2 aromatic carbocycles. The molecule has 132 valence electrons. The van der Waals surface area contributed by atoms with Crippen LogP contribution in [0.15, 0.2) is 60.7 Å². The molecular weight excluding hydrogens is 308 g/mol. The first kappa shape index (κ1) is 17.7. The lowest BCUT2D eigenvalue weighted by Crippen LogP contribution is -2.45. The topological polar surface area (TPSA) is 32.3 Å². The molecule has 0 radical (unpaired) electrons. The molecule has 0 aliphatic carbocycles. The minimum Gasteiger partial charge on any atom is -0.353 e. The Hall–Kier alpha value is -2.13. The van der Waals surface area contributed by atoms with Crippen LogP contribution >= 0.6 is 0 Å². The van der Waals surface area contributed by atoms with Crippen molar-refractivity contribution in [2.45, 2.75) is 44.7 Å². The minimum absolute atomic E-state index is 0.0384. The van der Waals surface area contributed by atoms with Crippen LogP contribution < -0.4 is 5.32 Å². The Morgan fingerprint density at radius 1 is 1.04 bits per heavy atom. The van der Waals surface area contributed by atoms with Crippen molar-refractivity contribution in [3.05, 3.63) is 71.8 Å². The van der Waals surface area contributed by atoms with Crippen molar-refractivity contribution in [2.24, 2.45) is 0 Å². The number of amides is 1. The lowest BCUT2D eigenvalue weighted by molar-refractivity contribution is -0.123. The van der Waals surface area contributed by atoms with Gasteiger partial charge >= 0.3 is 0 Å². The second-order valence-electron chi connectivity index (χ2n) is 6.92. The summed E-state index contributed by atoms with van der Waals surface area (Å²) in [5, 5.41) is 3.29. The molecule has 0 saturated carbocycles. The van der Waals surface area contributed by atoms with Gasteiger partial charge in [0.15, 0.2) is 0 Å². The van der Waals surface area contributed by atoms with Gasteiger partial charge in [-0.05, 0) is 30.4 Å². The predicted octanol–water partition coefficient (Wildman–Crippen LogP) is 3.96. The maximum Gasteiger partial charge on any atom is 0.227 e. The molecule has 1 aliphatic heterocycles. The number of hydrogen-bond acceptors (Lipinski definition) is 2. The van der Waals surface area contributed by atoms with Crippen molar-refractivity contribution in [3.8, 4) is 0 Å². The van der Waals surface area contributed by atoms with Gasteiger partial charge < -0.3 is 5.32 Å². The smallest absolute Gasteiger partial charge is 0.227 e. The molecule has 25 heavy (non-hydrogen) atoms. The molecule has 1 fully saturated rings. The molecule has 0 bridgehead atoms. The van der Waals surface area contributed by atoms with Crippen LogP contribution in [0.4, 0.5) is 0 Å². The molecule has 1 amide bonds. The molecule has 3 nitrogen and oxygen atoms in total. The lowest BCUT2D eigenvalue weighted by atomic mass is 9.94. The second kappa shape index (κ2) is 8.82. The van der Waals surface area contributed by atoms with E-state index in [0.29, 0.717) is 6.04 Å². The minimum atomic E-state index is -0.0384. The molecule has 0 aromatic heterocycles. The zero-order valence-corrected chi connectivity index (χ0v) is 15.0. The SMILES string of the molecule is CC[C@H](C(=O)NC1CCN(Cc2ccccc2)CC1)c1ccccc1. The summed E-state index contributed by atoms with van der Waals surface area (Å²) in [6.07, 6.45) is 2.90. The van der Waals surface area contributed by atoms with Gasteiger partial charge in [0.25, 0.3) is 0 Å². The molecule has 0 unspecified atom stereocenters. The van der Waals surface area contributed by atoms with Gasteiger partial charge in [0, 0.05) is 25.7 Å². The van der Waals surface area contributed by atoms with E-state index in [1.807, 2.05) is 18.2 Å². The molecule has 1 aliphatic rings. The number of carbonyl (C=O) groups is 1. The van der Waals surface area contributed by atoms with Gasteiger partial charge in [0.2, 0.25) is 5.91 Å². The lowest BCUT2D eigenvalue weighted by Gasteiger charge is -2.33. The Morgan fingerprint density at radius 3 is 2.24 bits per heavy atom. The summed E-state index contributed by atoms with van der Waals surface area (Å²) in [5.74, 6) is 0.138. The quantitative estimate of drug-likeness (QED) is 0.866. The fourth-order valence-electron chi connectivity index (χ4n) is 3.64. The maximum absolute atomic E-state index is 12.7. The van der Waals surface area contributed by atoms with Crippen LogP contribution in [0.5, 0.6) is 0 Å². The van der Waals surface area contributed by atoms with E-state index >= 15 is 0 Å². The predicted molar refractivity (Wildman–Crippen MR) is 102 cm³/mol. The van der Waals surface area contributed by atoms with E-state index < -0.39 is 0 Å². The number of likely N-dealkylation sites (tertiary alicyclic amines) is 1. The number of rotatable bonds is 6. The van der Waals surface area contributed by atoms with Crippen molar-refractivity contribution in [1.29, 1.82) is 0 Å². The van der Waals surface area contributed by atoms with Crippen LogP contribution in [0.25, 0.3) is 0 Å². The molecule has 2 aromatic rings. The third-order valence-electron chi connectivity index (χ3n) is 5.11. The highest BCUT2D eigenvalue weighted by Crippen LogP contribution is 2.21. The van der Waals surface area contributed by atoms with Crippen molar-refractivity contribution < 1.29 is 4.79 Å². The summed E-state index contributed by atoms with van der Waals surface area (Å²) >= 11 is 0. The van der Waals surface area contributed by atoms with Gasteiger partial charge in [-0.3, -0.25) is 9.69 Å². The number of carbonyl (C=O) groups excluding carboxylic acids is 1. The van der Waals surface area contributed by atoms with Gasteiger partial charge in [-0.1, -0.05) is 67.6 Å². The summed E-state index contributed by atoms with van der Waals surface area (Å²) in [6.45, 7) is 5.17. The number of nitrogens with zero attached hydrogens (tertiary/aromatic N) is 1. The van der Waals surface area contributed by atoms with Crippen LogP contribution in [0.2, 0.25) is 0 Å². The summed E-state index contributed by atoms with van der Waals surface area (Å²) in [6, 6.07) is 21.0. The zero-order chi connectivity index (χ0) is 17.5. The molecule has 0 spiro atoms. The van der Waals surface area contributed by atoms with E-state index in [0.717, 1.165) is 44.5 Å². The van der Waals surface area contributed by atoms with Crippen LogP contribution in [-0.2, 0) is 11.3 Å². The van der Waals surface area contributed by atoms with Crippen LogP contribution in [-0.4, -0.2) is 29.9 Å². The average molecular weight is 336 g/mol. The number of benzene rings is 2. The third-order valence-corrected chi connectivity index (χ3v) is 5.11. The number of hydrogen-bond donors (Lipinski definition) is 1. The maximum atomic E-state index is 12.7. The van der Waals surface area contributed by atoms with Gasteiger partial charge in [-0.15, -0.1) is 0 Å². The van der Waals surface area contributed by atoms with E-state index in [4.69, 9.17) is 0 Å². The molecule has 3 heteroatoms. The molecule has 1 atom stereocenters. The Bertz CT molecular complexity index is 648. The van der Waals surface area contributed by atoms with Gasteiger partial charge in [0.05, 0.1) is 5.92 Å². The normalized spacial score (nSPS) is 17.2. The fraction of sp³-hybridized carbons (Fsp3) is 0.409. The van der Waals surface area contributed by atoms with Crippen molar-refractivity contribution in [1.82, 2.24) is 10.2 Å². The first-order valence-corrected chi connectivity index (χ1v) is 9.38. The number of nitrogens with one attached hydrogen (secondary N) is 1. The van der Waals surface area contributed by atoms with E-state index in [1.54, 1.807) is 0 Å². The Balaban J connectivity index is 1.49. The largest absolute Gasteiger partial charge is 0.353 e. The average Bonchev–Trinajstić information content (AvgIpc) is 2.66. The van der Waals surface area contributed by atoms with E-state index in [2.05, 4.69) is 59.6 Å². The zero-order valence-electron chi connectivity index (χ0n) is 15.0. The van der Waals surface area contributed by atoms with E-state index in [-0.39, 0.29) is 11.8 Å². The molecule has 1 N–H and O–H groups in total. The summed E-state index contributed by atoms with van der Waals surface area (Å²) in [7, 11) is 0. The van der Waals surface area contributed by atoms with Crippen molar-refractivity contribution >= 4 is 5.91 Å². The highest BCUT2D eigenvalue weighted by Gasteiger charge is 2.24. The molecule has 3 rings (SSSR count). The summed E-state index contributed by atoms with van der Waals surface area (Å²) in [5.41, 5.74) is 2.48. The van der Waals surface area contributed by atoms with Crippen LogP contribution in [0.3, 0.4) is 0 Å². The third kappa shape index (κ3) is 4.93. The second-order valence-corrected chi connectivity index (χ2v) is 6.92. The van der Waals surface area contributed by atoms with Crippen LogP contribution in [0.1, 0.15) is 43.2 Å². The first-order valence-electron chi connectivity index (χ1n) is 9.38. The van der Waals surface area contributed by atoms with Crippen LogP contribution in [0, 0.1) is 0 Å². The van der Waals surface area contributed by atoms with Gasteiger partial charge in [-0.25, -0.2) is 0 Å². The highest BCUT2D eigenvalue weighted by molar-refractivity contribution is 5.83. The van der Waals surface area contributed by atoms with E-state index in [9.17, 15) is 4.79 Å². The molecular formula is C22H28N2O. The fourth-order valence-corrected chi connectivity index (χ4v) is 3.64. The monoisotopic (exact) mass is 336 g/mol. The Kier molecular flexibility index (Phi) is 6.24.